The lowest BCUT2D eigenvalue weighted by molar-refractivity contribution is 1.32. The number of hydrogen-bond acceptors (Lipinski definition) is 1. The summed E-state index contributed by atoms with van der Waals surface area (Å²) in [5.41, 5.74) is 17.7. The molecule has 0 aliphatic heterocycles. The summed E-state index contributed by atoms with van der Waals surface area (Å²) >= 11 is 5.58. The second-order valence-corrected chi connectivity index (χ2v) is 5.14. The number of benzene rings is 1. The van der Waals surface area contributed by atoms with Crippen molar-refractivity contribution in [2.24, 2.45) is 27.2 Å². The Morgan fingerprint density at radius 2 is 1.94 bits per heavy atom. The van der Waals surface area contributed by atoms with Crippen LogP contribution in [-0.4, -0.2) is 11.9 Å². The molecule has 6 N–H and O–H groups in total. The summed E-state index contributed by atoms with van der Waals surface area (Å²) in [5, 5.41) is 0. The number of rotatable bonds is 1. The summed E-state index contributed by atoms with van der Waals surface area (Å²) in [6.07, 6.45) is 0. The zero-order chi connectivity index (χ0) is 12.3. The molecule has 1 aromatic rings. The quantitative estimate of drug-likeness (QED) is 0.382. The van der Waals surface area contributed by atoms with Gasteiger partial charge in [0, 0.05) is 8.04 Å². The molecule has 16 heavy (non-hydrogen) atoms. The molecule has 0 aliphatic rings. The van der Waals surface area contributed by atoms with Gasteiger partial charge in [-0.15, -0.1) is 0 Å². The molecule has 0 fully saturated rings. The van der Waals surface area contributed by atoms with Crippen molar-refractivity contribution in [1.29, 1.82) is 0 Å². The van der Waals surface area contributed by atoms with Crippen LogP contribution in [0.1, 0.15) is 5.56 Å². The minimum Gasteiger partial charge on any atom is -0.370 e. The Balaban J connectivity index is 3.20. The topological polar surface area (TPSA) is 103 Å². The third-order valence-corrected chi connectivity index (χ3v) is 2.97. The van der Waals surface area contributed by atoms with Gasteiger partial charge in [-0.2, -0.15) is 4.99 Å². The lowest BCUT2D eigenvalue weighted by atomic mass is 10.2. The van der Waals surface area contributed by atoms with Crippen molar-refractivity contribution in [2.75, 3.05) is 0 Å². The summed E-state index contributed by atoms with van der Waals surface area (Å²) < 4.78 is 1.96. The highest BCUT2D eigenvalue weighted by atomic mass is 127. The molecule has 0 saturated carbocycles. The van der Waals surface area contributed by atoms with E-state index in [4.69, 9.17) is 17.2 Å². The molecule has 1 rings (SSSR count). The summed E-state index contributed by atoms with van der Waals surface area (Å²) in [6.45, 7) is 1.94. The standard InChI is InChI=1S/C9H11BrIN5/c1-4-2-5(10)3-6(11)7(4)15-9(14)16-8(12)13/h2-3H,1H3,(H6,12,13,14,15,16). The van der Waals surface area contributed by atoms with E-state index in [1.54, 1.807) is 0 Å². The van der Waals surface area contributed by atoms with E-state index in [1.165, 1.54) is 0 Å². The molecule has 0 bridgehead atoms. The highest BCUT2D eigenvalue weighted by Gasteiger charge is 2.05. The normalized spacial score (nSPS) is 11.3. The van der Waals surface area contributed by atoms with Gasteiger partial charge in [-0.05, 0) is 47.2 Å². The summed E-state index contributed by atoms with van der Waals surface area (Å²) in [4.78, 5) is 7.82. The van der Waals surface area contributed by atoms with Crippen LogP contribution in [0.4, 0.5) is 5.69 Å². The summed E-state index contributed by atoms with van der Waals surface area (Å²) in [5.74, 6) is -0.0608. The van der Waals surface area contributed by atoms with Gasteiger partial charge in [-0.25, -0.2) is 4.99 Å². The Morgan fingerprint density at radius 3 is 2.44 bits per heavy atom. The number of hydrogen-bond donors (Lipinski definition) is 3. The van der Waals surface area contributed by atoms with Crippen LogP contribution in [0.5, 0.6) is 0 Å². The molecule has 0 heterocycles. The molecule has 0 aliphatic carbocycles. The van der Waals surface area contributed by atoms with Crippen LogP contribution >= 0.6 is 38.5 Å². The van der Waals surface area contributed by atoms with Crippen LogP contribution in [0.3, 0.4) is 0 Å². The summed E-state index contributed by atoms with van der Waals surface area (Å²) in [7, 11) is 0. The fraction of sp³-hybridized carbons (Fsp3) is 0.111. The number of halogens is 2. The number of guanidine groups is 2. The average molecular weight is 396 g/mol. The van der Waals surface area contributed by atoms with E-state index in [1.807, 2.05) is 19.1 Å². The van der Waals surface area contributed by atoms with Crippen molar-refractivity contribution >= 4 is 56.1 Å². The molecule has 0 aromatic heterocycles. The molecule has 0 amide bonds. The zero-order valence-electron chi connectivity index (χ0n) is 8.54. The highest BCUT2D eigenvalue weighted by Crippen LogP contribution is 2.29. The molecule has 1 aromatic carbocycles. The van der Waals surface area contributed by atoms with Crippen molar-refractivity contribution in [3.05, 3.63) is 25.7 Å². The first-order valence-electron chi connectivity index (χ1n) is 4.29. The minimum absolute atomic E-state index is 0.0448. The maximum absolute atomic E-state index is 5.57. The Kier molecular flexibility index (Phi) is 4.54. The molecule has 7 heteroatoms. The van der Waals surface area contributed by atoms with Gasteiger partial charge in [-0.1, -0.05) is 15.9 Å². The predicted molar refractivity (Wildman–Crippen MR) is 78.7 cm³/mol. The first-order valence-corrected chi connectivity index (χ1v) is 6.16. The number of nitrogens with two attached hydrogens (primary N) is 3. The van der Waals surface area contributed by atoms with Crippen LogP contribution in [-0.2, 0) is 0 Å². The number of aryl methyl sites for hydroxylation is 1. The van der Waals surface area contributed by atoms with Gasteiger partial charge in [0.05, 0.1) is 5.69 Å². The SMILES string of the molecule is Cc1cc(Br)cc(I)c1N=C(N)N=C(N)N. The molecule has 5 nitrogen and oxygen atoms in total. The van der Waals surface area contributed by atoms with E-state index in [0.717, 1.165) is 19.3 Å². The minimum atomic E-state index is -0.106. The highest BCUT2D eigenvalue weighted by molar-refractivity contribution is 14.1. The summed E-state index contributed by atoms with van der Waals surface area (Å²) in [6, 6.07) is 3.89. The first-order chi connectivity index (χ1) is 7.40. The van der Waals surface area contributed by atoms with Crippen molar-refractivity contribution in [3.63, 3.8) is 0 Å². The van der Waals surface area contributed by atoms with Crippen molar-refractivity contribution in [2.45, 2.75) is 6.92 Å². The van der Waals surface area contributed by atoms with E-state index in [-0.39, 0.29) is 11.9 Å². The molecular weight excluding hydrogens is 385 g/mol. The molecule has 0 unspecified atom stereocenters. The van der Waals surface area contributed by atoms with Crippen LogP contribution in [0, 0.1) is 10.5 Å². The van der Waals surface area contributed by atoms with E-state index < -0.39 is 0 Å². The van der Waals surface area contributed by atoms with Crippen LogP contribution in [0.2, 0.25) is 0 Å². The maximum atomic E-state index is 5.57. The predicted octanol–water partition coefficient (Wildman–Crippen LogP) is 1.58. The largest absolute Gasteiger partial charge is 0.370 e. The van der Waals surface area contributed by atoms with E-state index in [2.05, 4.69) is 48.5 Å². The van der Waals surface area contributed by atoms with Gasteiger partial charge in [0.15, 0.2) is 5.96 Å². The van der Waals surface area contributed by atoms with E-state index in [0.29, 0.717) is 0 Å². The molecule has 0 radical (unpaired) electrons. The van der Waals surface area contributed by atoms with Crippen LogP contribution in [0.25, 0.3) is 0 Å². The lowest BCUT2D eigenvalue weighted by Crippen LogP contribution is -2.26. The van der Waals surface area contributed by atoms with Crippen LogP contribution in [0.15, 0.2) is 26.6 Å². The molecule has 0 saturated heterocycles. The van der Waals surface area contributed by atoms with Gasteiger partial charge < -0.3 is 17.2 Å². The lowest BCUT2D eigenvalue weighted by Gasteiger charge is -2.04. The Labute approximate surface area is 115 Å². The zero-order valence-corrected chi connectivity index (χ0v) is 12.3. The van der Waals surface area contributed by atoms with E-state index >= 15 is 0 Å². The van der Waals surface area contributed by atoms with Gasteiger partial charge in [0.25, 0.3) is 0 Å². The first kappa shape index (κ1) is 13.2. The molecular formula is C9H11BrIN5. The molecule has 0 atom stereocenters. The van der Waals surface area contributed by atoms with Crippen LogP contribution < -0.4 is 17.2 Å². The molecule has 0 spiro atoms. The fourth-order valence-electron chi connectivity index (χ4n) is 1.11. The van der Waals surface area contributed by atoms with E-state index in [9.17, 15) is 0 Å². The Hall–Kier alpha value is -0.830. The number of nitrogens with zero attached hydrogens (tertiary/aromatic N) is 2. The number of aliphatic imine (C=N–C) groups is 2. The molecule has 86 valence electrons. The van der Waals surface area contributed by atoms with Gasteiger partial charge in [0.1, 0.15) is 0 Å². The van der Waals surface area contributed by atoms with Gasteiger partial charge >= 0.3 is 0 Å². The average Bonchev–Trinajstić information content (AvgIpc) is 2.09. The van der Waals surface area contributed by atoms with Crippen molar-refractivity contribution in [3.8, 4) is 0 Å². The van der Waals surface area contributed by atoms with Gasteiger partial charge in [0.2, 0.25) is 5.96 Å². The Bertz CT molecular complexity index is 442. The Morgan fingerprint density at radius 1 is 1.31 bits per heavy atom. The van der Waals surface area contributed by atoms with Gasteiger partial charge in [-0.3, -0.25) is 0 Å². The maximum Gasteiger partial charge on any atom is 0.223 e. The smallest absolute Gasteiger partial charge is 0.223 e. The second kappa shape index (κ2) is 5.48. The van der Waals surface area contributed by atoms with Crippen molar-refractivity contribution in [1.82, 2.24) is 0 Å². The fourth-order valence-corrected chi connectivity index (χ4v) is 2.99. The third kappa shape index (κ3) is 3.63. The monoisotopic (exact) mass is 395 g/mol. The second-order valence-electron chi connectivity index (χ2n) is 3.06. The third-order valence-electron chi connectivity index (χ3n) is 1.69. The van der Waals surface area contributed by atoms with Crippen molar-refractivity contribution < 1.29 is 0 Å².